The first-order chi connectivity index (χ1) is 19.8. The number of phenols is 1. The number of likely N-dealkylation sites (N-methyl/N-ethyl adjacent to an activating group) is 1. The summed E-state index contributed by atoms with van der Waals surface area (Å²) >= 11 is 0. The van der Waals surface area contributed by atoms with E-state index in [1.54, 1.807) is 20.2 Å². The van der Waals surface area contributed by atoms with Crippen molar-refractivity contribution in [2.45, 2.75) is 37.8 Å². The van der Waals surface area contributed by atoms with Crippen molar-refractivity contribution in [3.8, 4) is 16.9 Å². The molecule has 4 unspecified atom stereocenters. The van der Waals surface area contributed by atoms with Crippen LogP contribution in [0.2, 0.25) is 0 Å². The average molecular weight is 576 g/mol. The molecular formula is C32H33NO9. The van der Waals surface area contributed by atoms with Gasteiger partial charge in [0.2, 0.25) is 5.78 Å². The topological polar surface area (TPSA) is 162 Å². The van der Waals surface area contributed by atoms with Gasteiger partial charge in [-0.2, -0.15) is 0 Å². The second kappa shape index (κ2) is 10.6. The Balaban J connectivity index is 1.63. The van der Waals surface area contributed by atoms with Crippen molar-refractivity contribution >= 4 is 28.9 Å². The number of fused-ring (bicyclic) bond motifs is 3. The molecule has 0 radical (unpaired) electrons. The highest BCUT2D eigenvalue weighted by atomic mass is 16.5. The Morgan fingerprint density at radius 3 is 2.31 bits per heavy atom. The number of aliphatic hydroxyl groups excluding tert-OH is 2. The van der Waals surface area contributed by atoms with Gasteiger partial charge in [-0.05, 0) is 68.1 Å². The van der Waals surface area contributed by atoms with E-state index in [4.69, 9.17) is 4.74 Å². The van der Waals surface area contributed by atoms with Crippen LogP contribution in [-0.4, -0.2) is 87.9 Å². The number of Topliss-reactive ketones (excluding diaryl/α,β-unsaturated/α-hetero) is 4. The van der Waals surface area contributed by atoms with E-state index >= 15 is 0 Å². The lowest BCUT2D eigenvalue weighted by atomic mass is 9.57. The summed E-state index contributed by atoms with van der Waals surface area (Å²) in [4.78, 5) is 53.2. The van der Waals surface area contributed by atoms with Gasteiger partial charge in [0, 0.05) is 25.0 Å². The van der Waals surface area contributed by atoms with Gasteiger partial charge >= 0.3 is 0 Å². The minimum Gasteiger partial charge on any atom is -0.508 e. The maximum absolute atomic E-state index is 14.0. The molecule has 220 valence electrons. The number of phenolic OH excluding ortho intramolecular Hbond substituents is 1. The van der Waals surface area contributed by atoms with E-state index < -0.39 is 57.9 Å². The van der Waals surface area contributed by atoms with E-state index in [0.717, 1.165) is 18.1 Å². The molecule has 0 aromatic heterocycles. The molecule has 0 amide bonds. The molecule has 4 atom stereocenters. The Morgan fingerprint density at radius 2 is 1.71 bits per heavy atom. The number of carbonyl (C=O) groups is 4. The number of rotatable bonds is 7. The Kier molecular flexibility index (Phi) is 7.42. The molecule has 2 aromatic rings. The lowest BCUT2D eigenvalue weighted by Gasteiger charge is -2.50. The summed E-state index contributed by atoms with van der Waals surface area (Å²) in [5.74, 6) is -6.06. The molecule has 0 saturated heterocycles. The van der Waals surface area contributed by atoms with Gasteiger partial charge in [-0.1, -0.05) is 30.3 Å². The van der Waals surface area contributed by atoms with Crippen LogP contribution in [-0.2, 0) is 36.8 Å². The molecule has 1 fully saturated rings. The molecule has 3 aliphatic carbocycles. The SMILES string of the molecule is COCC(=O)Cc1ccc(-c2ccc(O)c3c2CC2CC4C(N(C)C)C(=O)C(C(C)=O)=C(O)C4(O)C(=O)C2=C3O)cc1. The van der Waals surface area contributed by atoms with E-state index in [-0.39, 0.29) is 48.5 Å². The fraction of sp³-hybridized carbons (Fsp3) is 0.375. The van der Waals surface area contributed by atoms with Crippen LogP contribution in [0.1, 0.15) is 30.0 Å². The zero-order valence-electron chi connectivity index (χ0n) is 23.8. The van der Waals surface area contributed by atoms with Gasteiger partial charge in [-0.3, -0.25) is 24.1 Å². The summed E-state index contributed by atoms with van der Waals surface area (Å²) in [6.07, 6.45) is 0.450. The maximum atomic E-state index is 14.0. The Bertz CT molecular complexity index is 1580. The zero-order chi connectivity index (χ0) is 30.7. The van der Waals surface area contributed by atoms with Gasteiger partial charge in [0.1, 0.15) is 29.4 Å². The highest BCUT2D eigenvalue weighted by molar-refractivity contribution is 6.25. The van der Waals surface area contributed by atoms with E-state index in [9.17, 15) is 39.6 Å². The summed E-state index contributed by atoms with van der Waals surface area (Å²) in [5, 5.41) is 45.1. The van der Waals surface area contributed by atoms with Crippen molar-refractivity contribution < 1.29 is 44.3 Å². The van der Waals surface area contributed by atoms with Crippen molar-refractivity contribution in [2.75, 3.05) is 27.8 Å². The fourth-order valence-corrected chi connectivity index (χ4v) is 6.86. The molecule has 10 nitrogen and oxygen atoms in total. The quantitative estimate of drug-likeness (QED) is 0.361. The van der Waals surface area contributed by atoms with Gasteiger partial charge < -0.3 is 25.2 Å². The first-order valence-electron chi connectivity index (χ1n) is 13.6. The second-order valence-corrected chi connectivity index (χ2v) is 11.5. The molecule has 3 aliphatic rings. The predicted octanol–water partition coefficient (Wildman–Crippen LogP) is 2.49. The molecular weight excluding hydrogens is 542 g/mol. The summed E-state index contributed by atoms with van der Waals surface area (Å²) in [7, 11) is 4.64. The van der Waals surface area contributed by atoms with Crippen molar-refractivity contribution in [3.05, 3.63) is 70.0 Å². The molecule has 0 spiro atoms. The molecule has 0 aliphatic heterocycles. The number of ketones is 4. The van der Waals surface area contributed by atoms with Crippen LogP contribution in [0.15, 0.2) is 53.3 Å². The van der Waals surface area contributed by atoms with Crippen LogP contribution >= 0.6 is 0 Å². The predicted molar refractivity (Wildman–Crippen MR) is 152 cm³/mol. The number of ether oxygens (including phenoxy) is 1. The second-order valence-electron chi connectivity index (χ2n) is 11.5. The van der Waals surface area contributed by atoms with E-state index in [1.807, 2.05) is 24.3 Å². The Morgan fingerprint density at radius 1 is 1.05 bits per heavy atom. The molecule has 2 aromatic carbocycles. The Labute approximate surface area is 242 Å². The minimum absolute atomic E-state index is 0.0152. The zero-order valence-corrected chi connectivity index (χ0v) is 23.8. The first kappa shape index (κ1) is 29.4. The third-order valence-corrected chi connectivity index (χ3v) is 8.68. The summed E-state index contributed by atoms with van der Waals surface area (Å²) in [6.45, 7) is 1.09. The maximum Gasteiger partial charge on any atom is 0.202 e. The van der Waals surface area contributed by atoms with Crippen LogP contribution in [0.5, 0.6) is 5.75 Å². The fourth-order valence-electron chi connectivity index (χ4n) is 6.86. The lowest BCUT2D eigenvalue weighted by molar-refractivity contribution is -0.153. The number of carbonyl (C=O) groups excluding carboxylic acids is 4. The monoisotopic (exact) mass is 575 g/mol. The standard InChI is InChI=1S/C32H33NO9/c1-15(34)24-29(38)27(33(2)3)22-13-18-12-21-20(17-7-5-16(6-8-17)11-19(35)14-42-4)9-10-23(36)26(21)28(37)25(18)31(40)32(22,41)30(24)39/h5-10,18,22,27,36-37,39,41H,11-14H2,1-4H3. The van der Waals surface area contributed by atoms with Crippen LogP contribution in [0, 0.1) is 11.8 Å². The molecule has 1 saturated carbocycles. The number of aliphatic hydroxyl groups is 3. The highest BCUT2D eigenvalue weighted by Gasteiger charge is 2.64. The van der Waals surface area contributed by atoms with Crippen LogP contribution in [0.25, 0.3) is 16.9 Å². The molecule has 5 rings (SSSR count). The van der Waals surface area contributed by atoms with Crippen molar-refractivity contribution in [2.24, 2.45) is 11.8 Å². The van der Waals surface area contributed by atoms with Crippen molar-refractivity contribution in [1.29, 1.82) is 0 Å². The molecule has 0 heterocycles. The summed E-state index contributed by atoms with van der Waals surface area (Å²) < 4.78 is 4.90. The summed E-state index contributed by atoms with van der Waals surface area (Å²) in [6, 6.07) is 9.32. The first-order valence-corrected chi connectivity index (χ1v) is 13.6. The van der Waals surface area contributed by atoms with Crippen LogP contribution in [0.3, 0.4) is 0 Å². The third-order valence-electron chi connectivity index (χ3n) is 8.68. The normalized spacial score (nSPS) is 25.3. The number of hydrogen-bond acceptors (Lipinski definition) is 10. The van der Waals surface area contributed by atoms with Gasteiger partial charge in [0.15, 0.2) is 23.0 Å². The third kappa shape index (κ3) is 4.38. The van der Waals surface area contributed by atoms with Gasteiger partial charge in [-0.15, -0.1) is 0 Å². The lowest BCUT2D eigenvalue weighted by Crippen LogP contribution is -2.65. The largest absolute Gasteiger partial charge is 0.508 e. The average Bonchev–Trinajstić information content (AvgIpc) is 2.91. The number of methoxy groups -OCH3 is 1. The molecule has 4 N–H and O–H groups in total. The highest BCUT2D eigenvalue weighted by Crippen LogP contribution is 2.53. The van der Waals surface area contributed by atoms with Gasteiger partial charge in [0.05, 0.1) is 11.6 Å². The van der Waals surface area contributed by atoms with Crippen LogP contribution in [0.4, 0.5) is 0 Å². The van der Waals surface area contributed by atoms with E-state index in [2.05, 4.69) is 0 Å². The number of hydrogen-bond donors (Lipinski definition) is 4. The van der Waals surface area contributed by atoms with Crippen molar-refractivity contribution in [1.82, 2.24) is 4.90 Å². The van der Waals surface area contributed by atoms with E-state index in [1.165, 1.54) is 18.1 Å². The number of benzene rings is 2. The van der Waals surface area contributed by atoms with Crippen molar-refractivity contribution in [3.63, 3.8) is 0 Å². The molecule has 10 heteroatoms. The smallest absolute Gasteiger partial charge is 0.202 e. The van der Waals surface area contributed by atoms with Gasteiger partial charge in [-0.25, -0.2) is 0 Å². The number of nitrogens with zero attached hydrogens (tertiary/aromatic N) is 1. The molecule has 0 bridgehead atoms. The van der Waals surface area contributed by atoms with Crippen LogP contribution < -0.4 is 0 Å². The Hall–Kier alpha value is -4.12. The van der Waals surface area contributed by atoms with Gasteiger partial charge in [0.25, 0.3) is 0 Å². The minimum atomic E-state index is -2.61. The summed E-state index contributed by atoms with van der Waals surface area (Å²) in [5.41, 5.74) is -0.531. The van der Waals surface area contributed by atoms with E-state index in [0.29, 0.717) is 11.1 Å². The molecule has 42 heavy (non-hydrogen) atoms. The number of aromatic hydroxyl groups is 1.